The minimum absolute atomic E-state index is 0.0676. The monoisotopic (exact) mass is 339 g/mol. The molecule has 1 unspecified atom stereocenters. The van der Waals surface area contributed by atoms with Crippen molar-refractivity contribution in [2.75, 3.05) is 33.3 Å². The van der Waals surface area contributed by atoms with Gasteiger partial charge < -0.3 is 15.4 Å². The normalized spacial score (nSPS) is 18.3. The van der Waals surface area contributed by atoms with Gasteiger partial charge in [0.05, 0.1) is 13.2 Å². The molecule has 1 fully saturated rings. The van der Waals surface area contributed by atoms with Gasteiger partial charge in [0.1, 0.15) is 6.04 Å². The van der Waals surface area contributed by atoms with Gasteiger partial charge in [0.25, 0.3) is 0 Å². The Morgan fingerprint density at radius 1 is 1.26 bits per heavy atom. The molecule has 0 spiro atoms. The molecule has 1 heterocycles. The Labute approximate surface area is 141 Å². The third-order valence-corrected chi connectivity index (χ3v) is 4.20. The van der Waals surface area contributed by atoms with Gasteiger partial charge in [0.2, 0.25) is 5.91 Å². The van der Waals surface area contributed by atoms with Crippen LogP contribution in [-0.2, 0) is 14.3 Å². The number of methoxy groups -OCH3 is 1. The van der Waals surface area contributed by atoms with E-state index in [9.17, 15) is 9.59 Å². The van der Waals surface area contributed by atoms with Gasteiger partial charge in [-0.15, -0.1) is 0 Å². The summed E-state index contributed by atoms with van der Waals surface area (Å²) in [6, 6.07) is 6.16. The summed E-state index contributed by atoms with van der Waals surface area (Å²) in [5.41, 5.74) is 6.43. The van der Waals surface area contributed by atoms with Gasteiger partial charge >= 0.3 is 5.97 Å². The molecule has 0 aromatic heterocycles. The van der Waals surface area contributed by atoms with E-state index in [1.807, 2.05) is 17.0 Å². The lowest BCUT2D eigenvalue weighted by Gasteiger charge is -2.38. The SMILES string of the molecule is COC(=O)C(c1cccc(Cl)c1)N1CCN(C(=O)[C@@H](C)N)CC1. The summed E-state index contributed by atoms with van der Waals surface area (Å²) < 4.78 is 4.95. The van der Waals surface area contributed by atoms with Gasteiger partial charge in [-0.3, -0.25) is 9.69 Å². The fraction of sp³-hybridized carbons (Fsp3) is 0.500. The number of hydrogen-bond acceptors (Lipinski definition) is 5. The van der Waals surface area contributed by atoms with Gasteiger partial charge in [0, 0.05) is 31.2 Å². The van der Waals surface area contributed by atoms with Crippen LogP contribution in [0.15, 0.2) is 24.3 Å². The van der Waals surface area contributed by atoms with E-state index in [0.29, 0.717) is 31.2 Å². The van der Waals surface area contributed by atoms with Crippen molar-refractivity contribution >= 4 is 23.5 Å². The zero-order valence-electron chi connectivity index (χ0n) is 13.4. The van der Waals surface area contributed by atoms with Crippen LogP contribution in [0.1, 0.15) is 18.5 Å². The molecule has 1 amide bonds. The fourth-order valence-corrected chi connectivity index (χ4v) is 2.97. The zero-order valence-corrected chi connectivity index (χ0v) is 14.1. The largest absolute Gasteiger partial charge is 0.468 e. The van der Waals surface area contributed by atoms with Crippen molar-refractivity contribution < 1.29 is 14.3 Å². The maximum Gasteiger partial charge on any atom is 0.327 e. The second-order valence-electron chi connectivity index (χ2n) is 5.63. The van der Waals surface area contributed by atoms with E-state index in [0.717, 1.165) is 5.56 Å². The van der Waals surface area contributed by atoms with Crippen molar-refractivity contribution in [3.63, 3.8) is 0 Å². The lowest BCUT2D eigenvalue weighted by molar-refractivity contribution is -0.148. The van der Waals surface area contributed by atoms with Crippen molar-refractivity contribution in [3.8, 4) is 0 Å². The molecule has 7 heteroatoms. The van der Waals surface area contributed by atoms with E-state index in [1.165, 1.54) is 7.11 Å². The number of hydrogen-bond donors (Lipinski definition) is 1. The first-order valence-electron chi connectivity index (χ1n) is 7.55. The van der Waals surface area contributed by atoms with Crippen LogP contribution in [0.2, 0.25) is 5.02 Å². The molecule has 2 atom stereocenters. The van der Waals surface area contributed by atoms with E-state index in [2.05, 4.69) is 0 Å². The van der Waals surface area contributed by atoms with E-state index in [1.54, 1.807) is 24.0 Å². The average molecular weight is 340 g/mol. The molecule has 0 radical (unpaired) electrons. The number of carbonyl (C=O) groups excluding carboxylic acids is 2. The van der Waals surface area contributed by atoms with Crippen LogP contribution in [0.4, 0.5) is 0 Å². The minimum atomic E-state index is -0.522. The smallest absolute Gasteiger partial charge is 0.327 e. The fourth-order valence-electron chi connectivity index (χ4n) is 2.77. The van der Waals surface area contributed by atoms with Crippen LogP contribution in [0.5, 0.6) is 0 Å². The van der Waals surface area contributed by atoms with Gasteiger partial charge in [-0.2, -0.15) is 0 Å². The van der Waals surface area contributed by atoms with Crippen LogP contribution < -0.4 is 5.73 Å². The molecule has 2 N–H and O–H groups in total. The van der Waals surface area contributed by atoms with Gasteiger partial charge in [-0.25, -0.2) is 4.79 Å². The Morgan fingerprint density at radius 2 is 1.91 bits per heavy atom. The first-order valence-corrected chi connectivity index (χ1v) is 7.93. The predicted molar refractivity (Wildman–Crippen MR) is 88.0 cm³/mol. The Kier molecular flexibility index (Phi) is 5.98. The summed E-state index contributed by atoms with van der Waals surface area (Å²) in [6.45, 7) is 3.90. The predicted octanol–water partition coefficient (Wildman–Crippen LogP) is 1.05. The van der Waals surface area contributed by atoms with Crippen molar-refractivity contribution in [2.24, 2.45) is 5.73 Å². The molecule has 126 valence electrons. The number of ether oxygens (including phenoxy) is 1. The number of halogens is 1. The summed E-state index contributed by atoms with van der Waals surface area (Å²) in [5.74, 6) is -0.402. The van der Waals surface area contributed by atoms with Crippen molar-refractivity contribution in [3.05, 3.63) is 34.9 Å². The summed E-state index contributed by atoms with van der Waals surface area (Å²) in [7, 11) is 1.37. The third-order valence-electron chi connectivity index (χ3n) is 3.97. The van der Waals surface area contributed by atoms with Gasteiger partial charge in [-0.1, -0.05) is 23.7 Å². The number of carbonyl (C=O) groups is 2. The summed E-state index contributed by atoms with van der Waals surface area (Å²) in [6.07, 6.45) is 0. The number of nitrogens with two attached hydrogens (primary N) is 1. The van der Waals surface area contributed by atoms with Crippen molar-refractivity contribution in [1.82, 2.24) is 9.80 Å². The molecule has 1 aromatic carbocycles. The topological polar surface area (TPSA) is 75.9 Å². The molecule has 6 nitrogen and oxygen atoms in total. The molecule has 0 saturated carbocycles. The Bertz CT molecular complexity index is 571. The molecule has 1 saturated heterocycles. The lowest BCUT2D eigenvalue weighted by atomic mass is 10.0. The molecule has 23 heavy (non-hydrogen) atoms. The maximum absolute atomic E-state index is 12.2. The molecule has 2 rings (SSSR count). The van der Waals surface area contributed by atoms with E-state index in [4.69, 9.17) is 22.1 Å². The number of piperazine rings is 1. The van der Waals surface area contributed by atoms with Crippen LogP contribution in [-0.4, -0.2) is 61.0 Å². The Balaban J connectivity index is 2.13. The van der Waals surface area contributed by atoms with Crippen LogP contribution >= 0.6 is 11.6 Å². The van der Waals surface area contributed by atoms with Crippen LogP contribution in [0.25, 0.3) is 0 Å². The molecule has 0 aliphatic carbocycles. The first kappa shape index (κ1) is 17.7. The zero-order chi connectivity index (χ0) is 17.0. The Hall–Kier alpha value is -1.63. The highest BCUT2D eigenvalue weighted by molar-refractivity contribution is 6.30. The highest BCUT2D eigenvalue weighted by atomic mass is 35.5. The number of amides is 1. The molecule has 1 aliphatic rings. The van der Waals surface area contributed by atoms with Crippen LogP contribution in [0, 0.1) is 0 Å². The first-order chi connectivity index (χ1) is 10.9. The van der Waals surface area contributed by atoms with Crippen molar-refractivity contribution in [1.29, 1.82) is 0 Å². The van der Waals surface area contributed by atoms with E-state index in [-0.39, 0.29) is 11.9 Å². The van der Waals surface area contributed by atoms with Crippen LogP contribution in [0.3, 0.4) is 0 Å². The molecule has 0 bridgehead atoms. The summed E-state index contributed by atoms with van der Waals surface area (Å²) in [4.78, 5) is 27.9. The third kappa shape index (κ3) is 4.22. The average Bonchev–Trinajstić information content (AvgIpc) is 2.55. The number of esters is 1. The number of benzene rings is 1. The summed E-state index contributed by atoms with van der Waals surface area (Å²) in [5, 5.41) is 0.571. The summed E-state index contributed by atoms with van der Waals surface area (Å²) >= 11 is 6.04. The standard InChI is InChI=1S/C16H22ClN3O3/c1-11(18)15(21)20-8-6-19(7-9-20)14(16(22)23-2)12-4-3-5-13(17)10-12/h3-5,10-11,14H,6-9,18H2,1-2H3/t11-,14?/m1/s1. The molecule has 1 aromatic rings. The second-order valence-corrected chi connectivity index (χ2v) is 6.07. The van der Waals surface area contributed by atoms with E-state index < -0.39 is 12.1 Å². The highest BCUT2D eigenvalue weighted by Crippen LogP contribution is 2.26. The van der Waals surface area contributed by atoms with Gasteiger partial charge in [-0.05, 0) is 24.6 Å². The maximum atomic E-state index is 12.2. The quantitative estimate of drug-likeness (QED) is 0.830. The van der Waals surface area contributed by atoms with Crippen molar-refractivity contribution in [2.45, 2.75) is 19.0 Å². The second kappa shape index (κ2) is 7.77. The number of rotatable bonds is 4. The highest BCUT2D eigenvalue weighted by Gasteiger charge is 2.32. The molecular formula is C16H22ClN3O3. The lowest BCUT2D eigenvalue weighted by Crippen LogP contribution is -2.54. The Morgan fingerprint density at radius 3 is 2.43 bits per heavy atom. The minimum Gasteiger partial charge on any atom is -0.468 e. The van der Waals surface area contributed by atoms with E-state index >= 15 is 0 Å². The molecular weight excluding hydrogens is 318 g/mol. The van der Waals surface area contributed by atoms with Gasteiger partial charge in [0.15, 0.2) is 0 Å². The number of nitrogens with zero attached hydrogens (tertiary/aromatic N) is 2. The molecule has 1 aliphatic heterocycles.